The van der Waals surface area contributed by atoms with E-state index in [4.69, 9.17) is 29.9 Å². The highest BCUT2D eigenvalue weighted by Crippen LogP contribution is 2.24. The molecule has 2 rings (SSSR count). The molecule has 0 aliphatic carbocycles. The molecule has 6 nitrogen and oxygen atoms in total. The number of unbranched alkanes of at least 4 members (excludes halogenated alkanes) is 7. The minimum atomic E-state index is -1.49. The zero-order chi connectivity index (χ0) is 31.9. The molecule has 0 aliphatic rings. The first-order valence-electron chi connectivity index (χ1n) is 15.9. The van der Waals surface area contributed by atoms with E-state index in [-0.39, 0.29) is 5.92 Å². The molecule has 2 atom stereocenters. The topological polar surface area (TPSA) is 71.1 Å². The maximum Gasteiger partial charge on any atom is 0.343 e. The van der Waals surface area contributed by atoms with Gasteiger partial charge in [0.2, 0.25) is 0 Å². The van der Waals surface area contributed by atoms with Gasteiger partial charge in [-0.1, -0.05) is 65.2 Å². The van der Waals surface area contributed by atoms with E-state index in [2.05, 4.69) is 32.7 Å². The molecule has 0 N–H and O–H groups in total. The van der Waals surface area contributed by atoms with Crippen molar-refractivity contribution in [2.45, 2.75) is 116 Å². The van der Waals surface area contributed by atoms with E-state index in [1.54, 1.807) is 48.5 Å². The maximum absolute atomic E-state index is 12.6. The van der Waals surface area contributed by atoms with Crippen LogP contribution in [0.2, 0.25) is 38.8 Å². The van der Waals surface area contributed by atoms with Gasteiger partial charge < -0.3 is 18.3 Å². The molecule has 0 aromatic heterocycles. The molecule has 9 heteroatoms. The Kier molecular flexibility index (Phi) is 16.0. The van der Waals surface area contributed by atoms with Crippen LogP contribution in [0.1, 0.15) is 82.0 Å². The lowest BCUT2D eigenvalue weighted by Gasteiger charge is -2.31. The van der Waals surface area contributed by atoms with Crippen LogP contribution in [-0.2, 0) is 8.91 Å². The molecule has 2 aromatic rings. The van der Waals surface area contributed by atoms with Gasteiger partial charge in [-0.2, -0.15) is 0 Å². The highest BCUT2D eigenvalue weighted by atomic mass is 35.5. The molecule has 0 saturated carbocycles. The fourth-order valence-electron chi connectivity index (χ4n) is 4.82. The second-order valence-corrected chi connectivity index (χ2v) is 22.5. The highest BCUT2D eigenvalue weighted by Gasteiger charge is 2.28. The van der Waals surface area contributed by atoms with Crippen molar-refractivity contribution < 1.29 is 27.9 Å². The van der Waals surface area contributed by atoms with Crippen molar-refractivity contribution in [2.75, 3.05) is 6.61 Å². The lowest BCUT2D eigenvalue weighted by atomic mass is 10.1. The smallest absolute Gasteiger partial charge is 0.343 e. The first kappa shape index (κ1) is 37.1. The largest absolute Gasteiger partial charge is 0.494 e. The number of rotatable bonds is 20. The van der Waals surface area contributed by atoms with Crippen molar-refractivity contribution in [3.05, 3.63) is 54.1 Å². The Morgan fingerprint density at radius 3 is 1.74 bits per heavy atom. The number of carbonyl (C=O) groups is 2. The molecule has 0 bridgehead atoms. The van der Waals surface area contributed by atoms with Crippen LogP contribution in [0.25, 0.3) is 0 Å². The van der Waals surface area contributed by atoms with Gasteiger partial charge >= 0.3 is 11.9 Å². The van der Waals surface area contributed by atoms with Gasteiger partial charge in [-0.3, -0.25) is 4.79 Å². The van der Waals surface area contributed by atoms with E-state index in [9.17, 15) is 9.59 Å². The molecule has 0 fully saturated rings. The van der Waals surface area contributed by atoms with E-state index in [1.807, 2.05) is 13.8 Å². The standard InChI is InChI=1S/C34H53ClO6Si2/c1-8-27(2)32(35)34(37)40-31-23-21-30(22-24-31)39-33(36)28-17-19-29(20-18-28)38-25-15-13-11-9-10-12-14-16-26-43(6,7)41-42(3,4)5/h17-24,27,32H,8-16,25-26H2,1-7H3. The average Bonchev–Trinajstić information content (AvgIpc) is 2.95. The van der Waals surface area contributed by atoms with Gasteiger partial charge in [-0.25, -0.2) is 4.79 Å². The van der Waals surface area contributed by atoms with Gasteiger partial charge in [0.25, 0.3) is 0 Å². The predicted octanol–water partition coefficient (Wildman–Crippen LogP) is 10.0. The summed E-state index contributed by atoms with van der Waals surface area (Å²) in [5.74, 6) is 0.490. The first-order valence-corrected chi connectivity index (χ1v) is 22.9. The Balaban J connectivity index is 1.58. The number of ether oxygens (including phenoxy) is 3. The summed E-state index contributed by atoms with van der Waals surface area (Å²) in [6.07, 6.45) is 10.7. The Bertz CT molecular complexity index is 1100. The summed E-state index contributed by atoms with van der Waals surface area (Å²) in [6.45, 7) is 16.1. The minimum absolute atomic E-state index is 0.0151. The van der Waals surface area contributed by atoms with Crippen molar-refractivity contribution in [1.29, 1.82) is 0 Å². The summed E-state index contributed by atoms with van der Waals surface area (Å²) in [5, 5.41) is -0.709. The third-order valence-corrected chi connectivity index (χ3v) is 14.1. The van der Waals surface area contributed by atoms with Gasteiger partial charge in [0.05, 0.1) is 12.2 Å². The van der Waals surface area contributed by atoms with E-state index < -0.39 is 34.0 Å². The van der Waals surface area contributed by atoms with Crippen LogP contribution in [0.5, 0.6) is 17.2 Å². The Hall–Kier alpha value is -2.14. The van der Waals surface area contributed by atoms with Crippen LogP contribution in [0, 0.1) is 5.92 Å². The van der Waals surface area contributed by atoms with Gasteiger partial charge in [0.15, 0.2) is 16.6 Å². The summed E-state index contributed by atoms with van der Waals surface area (Å²) in [6, 6.07) is 14.6. The fraction of sp³-hybridized carbons (Fsp3) is 0.588. The Morgan fingerprint density at radius 2 is 1.21 bits per heavy atom. The van der Waals surface area contributed by atoms with E-state index >= 15 is 0 Å². The fourth-order valence-corrected chi connectivity index (χ4v) is 13.2. The quantitative estimate of drug-likeness (QED) is 0.0468. The van der Waals surface area contributed by atoms with Crippen LogP contribution in [0.15, 0.2) is 48.5 Å². The minimum Gasteiger partial charge on any atom is -0.494 e. The molecular formula is C34H53ClO6Si2. The van der Waals surface area contributed by atoms with E-state index in [0.29, 0.717) is 23.7 Å². The van der Waals surface area contributed by atoms with Crippen molar-refractivity contribution in [2.24, 2.45) is 5.92 Å². The van der Waals surface area contributed by atoms with Crippen molar-refractivity contribution in [1.82, 2.24) is 0 Å². The highest BCUT2D eigenvalue weighted by molar-refractivity contribution is 6.84. The van der Waals surface area contributed by atoms with Crippen molar-refractivity contribution in [3.8, 4) is 17.2 Å². The molecule has 43 heavy (non-hydrogen) atoms. The zero-order valence-electron chi connectivity index (χ0n) is 27.4. The first-order chi connectivity index (χ1) is 20.3. The second-order valence-electron chi connectivity index (χ2n) is 13.0. The van der Waals surface area contributed by atoms with Crippen molar-refractivity contribution >= 4 is 40.2 Å². The Morgan fingerprint density at radius 1 is 0.721 bits per heavy atom. The van der Waals surface area contributed by atoms with Crippen LogP contribution in [-0.4, -0.2) is 40.6 Å². The summed E-state index contributed by atoms with van der Waals surface area (Å²) in [7, 11) is -2.91. The SMILES string of the molecule is CCC(C)C(Cl)C(=O)Oc1ccc(OC(=O)c2ccc(OCCCCCCCCCC[Si](C)(C)O[Si](C)(C)C)cc2)cc1. The molecule has 0 saturated heterocycles. The van der Waals surface area contributed by atoms with Crippen LogP contribution in [0.4, 0.5) is 0 Å². The summed E-state index contributed by atoms with van der Waals surface area (Å²) in [5.41, 5.74) is 0.427. The van der Waals surface area contributed by atoms with Gasteiger partial charge in [-0.05, 0) is 99.6 Å². The molecule has 0 aliphatic heterocycles. The predicted molar refractivity (Wildman–Crippen MR) is 182 cm³/mol. The number of hydrogen-bond donors (Lipinski definition) is 0. The molecule has 0 amide bonds. The van der Waals surface area contributed by atoms with Gasteiger partial charge in [0.1, 0.15) is 22.6 Å². The van der Waals surface area contributed by atoms with E-state index in [1.165, 1.54) is 44.6 Å². The Labute approximate surface area is 267 Å². The molecular weight excluding hydrogens is 596 g/mol. The number of carbonyl (C=O) groups excluding carboxylic acids is 2. The van der Waals surface area contributed by atoms with Crippen LogP contribution >= 0.6 is 11.6 Å². The number of hydrogen-bond acceptors (Lipinski definition) is 6. The molecule has 0 radical (unpaired) electrons. The summed E-state index contributed by atoms with van der Waals surface area (Å²) >= 11 is 6.15. The number of benzene rings is 2. The number of halogens is 1. The monoisotopic (exact) mass is 648 g/mol. The summed E-state index contributed by atoms with van der Waals surface area (Å²) in [4.78, 5) is 24.7. The van der Waals surface area contributed by atoms with Crippen LogP contribution in [0.3, 0.4) is 0 Å². The molecule has 2 aromatic carbocycles. The third-order valence-electron chi connectivity index (χ3n) is 7.24. The normalized spacial score (nSPS) is 13.3. The van der Waals surface area contributed by atoms with Crippen LogP contribution < -0.4 is 14.2 Å². The van der Waals surface area contributed by atoms with Gasteiger partial charge in [-0.15, -0.1) is 11.6 Å². The number of esters is 2. The van der Waals surface area contributed by atoms with E-state index in [0.717, 1.165) is 25.0 Å². The molecule has 0 heterocycles. The molecule has 240 valence electrons. The second kappa shape index (κ2) is 18.6. The number of alkyl halides is 1. The zero-order valence-corrected chi connectivity index (χ0v) is 30.1. The van der Waals surface area contributed by atoms with Crippen molar-refractivity contribution in [3.63, 3.8) is 0 Å². The lowest BCUT2D eigenvalue weighted by molar-refractivity contribution is -0.134. The molecule has 2 unspecified atom stereocenters. The average molecular weight is 649 g/mol. The summed E-state index contributed by atoms with van der Waals surface area (Å²) < 4.78 is 23.1. The molecule has 0 spiro atoms. The lowest BCUT2D eigenvalue weighted by Crippen LogP contribution is -2.42. The third kappa shape index (κ3) is 15.4. The van der Waals surface area contributed by atoms with Gasteiger partial charge in [0, 0.05) is 0 Å². The maximum atomic E-state index is 12.6.